The molecule has 5 heteroatoms. The highest BCUT2D eigenvalue weighted by Gasteiger charge is 2.26. The average molecular weight is 324 g/mol. The third kappa shape index (κ3) is 5.38. The molecule has 0 bridgehead atoms. The van der Waals surface area contributed by atoms with E-state index in [4.69, 9.17) is 0 Å². The Kier molecular flexibility index (Phi) is 6.41. The number of benzene rings is 1. The van der Waals surface area contributed by atoms with E-state index in [0.29, 0.717) is 25.4 Å². The second-order valence-corrected chi connectivity index (χ2v) is 8.56. The first-order valence-electron chi connectivity index (χ1n) is 8.21. The van der Waals surface area contributed by atoms with Crippen molar-refractivity contribution in [2.75, 3.05) is 38.5 Å². The van der Waals surface area contributed by atoms with E-state index < -0.39 is 10.0 Å². The van der Waals surface area contributed by atoms with Crippen molar-refractivity contribution < 1.29 is 8.42 Å². The molecule has 0 spiro atoms. The van der Waals surface area contributed by atoms with Gasteiger partial charge in [-0.3, -0.25) is 0 Å². The van der Waals surface area contributed by atoms with E-state index in [-0.39, 0.29) is 5.75 Å². The highest BCUT2D eigenvalue weighted by Crippen LogP contribution is 2.12. The van der Waals surface area contributed by atoms with Crippen LogP contribution in [-0.2, 0) is 16.4 Å². The van der Waals surface area contributed by atoms with Crippen LogP contribution in [0.4, 0.5) is 0 Å². The molecule has 1 aromatic rings. The van der Waals surface area contributed by atoms with Crippen LogP contribution in [0.5, 0.6) is 0 Å². The third-order valence-corrected chi connectivity index (χ3v) is 6.11. The zero-order valence-electron chi connectivity index (χ0n) is 13.7. The first-order chi connectivity index (χ1) is 10.5. The molecular weight excluding hydrogens is 296 g/mol. The Labute approximate surface area is 135 Å². The number of piperazine rings is 1. The number of hydrogen-bond donors (Lipinski definition) is 0. The van der Waals surface area contributed by atoms with Gasteiger partial charge < -0.3 is 4.90 Å². The largest absolute Gasteiger partial charge is 0.301 e. The van der Waals surface area contributed by atoms with Crippen LogP contribution in [0.15, 0.2) is 30.3 Å². The van der Waals surface area contributed by atoms with Crippen molar-refractivity contribution in [1.82, 2.24) is 9.21 Å². The second-order valence-electron chi connectivity index (χ2n) is 6.47. The van der Waals surface area contributed by atoms with Crippen molar-refractivity contribution in [2.24, 2.45) is 5.92 Å². The summed E-state index contributed by atoms with van der Waals surface area (Å²) in [6.45, 7) is 8.52. The lowest BCUT2D eigenvalue weighted by Gasteiger charge is -2.34. The Bertz CT molecular complexity index is 535. The molecule has 4 nitrogen and oxygen atoms in total. The van der Waals surface area contributed by atoms with E-state index in [1.165, 1.54) is 6.42 Å². The van der Waals surface area contributed by atoms with Gasteiger partial charge in [0.05, 0.1) is 5.75 Å². The van der Waals surface area contributed by atoms with E-state index in [1.54, 1.807) is 4.31 Å². The number of hydrogen-bond acceptors (Lipinski definition) is 3. The van der Waals surface area contributed by atoms with Crippen LogP contribution in [0.2, 0.25) is 0 Å². The summed E-state index contributed by atoms with van der Waals surface area (Å²) in [4.78, 5) is 2.38. The molecule has 0 amide bonds. The molecule has 0 unspecified atom stereocenters. The molecule has 1 aromatic carbocycles. The normalized spacial score (nSPS) is 18.0. The highest BCUT2D eigenvalue weighted by molar-refractivity contribution is 7.89. The Balaban J connectivity index is 1.79. The minimum atomic E-state index is -3.13. The maximum absolute atomic E-state index is 12.4. The SMILES string of the molecule is CC(C)CCN1CCN(S(=O)(=O)CCc2ccccc2)CC1. The maximum atomic E-state index is 12.4. The standard InChI is InChI=1S/C17H28N2O2S/c1-16(2)8-10-18-11-13-19(14-12-18)22(20,21)15-9-17-6-4-3-5-7-17/h3-7,16H,8-15H2,1-2H3. The number of aryl methyl sites for hydroxylation is 1. The fourth-order valence-corrected chi connectivity index (χ4v) is 4.16. The van der Waals surface area contributed by atoms with Crippen molar-refractivity contribution in [3.8, 4) is 0 Å². The molecule has 1 saturated heterocycles. The number of nitrogens with zero attached hydrogens (tertiary/aromatic N) is 2. The van der Waals surface area contributed by atoms with Crippen LogP contribution in [0.3, 0.4) is 0 Å². The monoisotopic (exact) mass is 324 g/mol. The Hall–Kier alpha value is -0.910. The highest BCUT2D eigenvalue weighted by atomic mass is 32.2. The summed E-state index contributed by atoms with van der Waals surface area (Å²) in [5.41, 5.74) is 1.08. The van der Waals surface area contributed by atoms with Gasteiger partial charge in [-0.05, 0) is 30.9 Å². The smallest absolute Gasteiger partial charge is 0.214 e. The van der Waals surface area contributed by atoms with Crippen LogP contribution < -0.4 is 0 Å². The van der Waals surface area contributed by atoms with E-state index in [2.05, 4.69) is 18.7 Å². The van der Waals surface area contributed by atoms with Gasteiger partial charge in [-0.1, -0.05) is 44.2 Å². The summed E-state index contributed by atoms with van der Waals surface area (Å²) in [6, 6.07) is 9.83. The van der Waals surface area contributed by atoms with Gasteiger partial charge in [-0.25, -0.2) is 8.42 Å². The van der Waals surface area contributed by atoms with Gasteiger partial charge in [0.25, 0.3) is 0 Å². The molecule has 1 fully saturated rings. The maximum Gasteiger partial charge on any atom is 0.214 e. The zero-order valence-corrected chi connectivity index (χ0v) is 14.6. The second kappa shape index (κ2) is 8.09. The summed E-state index contributed by atoms with van der Waals surface area (Å²) in [5, 5.41) is 0. The van der Waals surface area contributed by atoms with Crippen molar-refractivity contribution in [1.29, 1.82) is 0 Å². The molecule has 1 heterocycles. The van der Waals surface area contributed by atoms with Gasteiger partial charge in [0.2, 0.25) is 10.0 Å². The molecule has 0 aromatic heterocycles. The van der Waals surface area contributed by atoms with Crippen molar-refractivity contribution >= 4 is 10.0 Å². The van der Waals surface area contributed by atoms with Crippen LogP contribution in [0.25, 0.3) is 0 Å². The van der Waals surface area contributed by atoms with Crippen molar-refractivity contribution in [2.45, 2.75) is 26.7 Å². The van der Waals surface area contributed by atoms with Gasteiger partial charge in [0, 0.05) is 26.2 Å². The Morgan fingerprint density at radius 1 is 1.05 bits per heavy atom. The molecule has 0 aliphatic carbocycles. The zero-order chi connectivity index (χ0) is 16.0. The lowest BCUT2D eigenvalue weighted by atomic mass is 10.1. The van der Waals surface area contributed by atoms with Gasteiger partial charge >= 0.3 is 0 Å². The predicted octanol–water partition coefficient (Wildman–Crippen LogP) is 2.22. The topological polar surface area (TPSA) is 40.6 Å². The van der Waals surface area contributed by atoms with Gasteiger partial charge in [-0.15, -0.1) is 0 Å². The molecule has 0 radical (unpaired) electrons. The first-order valence-corrected chi connectivity index (χ1v) is 9.82. The van der Waals surface area contributed by atoms with Crippen molar-refractivity contribution in [3.63, 3.8) is 0 Å². The fraction of sp³-hybridized carbons (Fsp3) is 0.647. The quantitative estimate of drug-likeness (QED) is 0.772. The van der Waals surface area contributed by atoms with E-state index in [1.807, 2.05) is 30.3 Å². The Morgan fingerprint density at radius 3 is 2.27 bits per heavy atom. The average Bonchev–Trinajstić information content (AvgIpc) is 2.52. The van der Waals surface area contributed by atoms with Gasteiger partial charge in [0.15, 0.2) is 0 Å². The van der Waals surface area contributed by atoms with E-state index >= 15 is 0 Å². The minimum absolute atomic E-state index is 0.211. The number of rotatable bonds is 7. The molecule has 0 atom stereocenters. The minimum Gasteiger partial charge on any atom is -0.301 e. The van der Waals surface area contributed by atoms with E-state index in [9.17, 15) is 8.42 Å². The summed E-state index contributed by atoms with van der Waals surface area (Å²) in [5.74, 6) is 0.913. The molecule has 22 heavy (non-hydrogen) atoms. The lowest BCUT2D eigenvalue weighted by molar-refractivity contribution is 0.180. The van der Waals surface area contributed by atoms with Crippen molar-refractivity contribution in [3.05, 3.63) is 35.9 Å². The first kappa shape index (κ1) is 17.4. The molecule has 2 rings (SSSR count). The van der Waals surface area contributed by atoms with E-state index in [0.717, 1.165) is 25.2 Å². The summed E-state index contributed by atoms with van der Waals surface area (Å²) < 4.78 is 26.5. The number of sulfonamides is 1. The molecule has 124 valence electrons. The van der Waals surface area contributed by atoms with Crippen LogP contribution in [0, 0.1) is 5.92 Å². The Morgan fingerprint density at radius 2 is 1.68 bits per heavy atom. The summed E-state index contributed by atoms with van der Waals surface area (Å²) in [6.07, 6.45) is 1.78. The van der Waals surface area contributed by atoms with Crippen LogP contribution in [-0.4, -0.2) is 56.1 Å². The van der Waals surface area contributed by atoms with Gasteiger partial charge in [-0.2, -0.15) is 4.31 Å². The van der Waals surface area contributed by atoms with Crippen LogP contribution >= 0.6 is 0 Å². The molecule has 1 aliphatic heterocycles. The van der Waals surface area contributed by atoms with Gasteiger partial charge in [0.1, 0.15) is 0 Å². The summed E-state index contributed by atoms with van der Waals surface area (Å²) in [7, 11) is -3.13. The molecular formula is C17H28N2O2S. The molecule has 1 aliphatic rings. The fourth-order valence-electron chi connectivity index (χ4n) is 2.69. The summed E-state index contributed by atoms with van der Waals surface area (Å²) >= 11 is 0. The molecule has 0 saturated carbocycles. The molecule has 0 N–H and O–H groups in total. The lowest BCUT2D eigenvalue weighted by Crippen LogP contribution is -2.49. The predicted molar refractivity (Wildman–Crippen MR) is 91.4 cm³/mol. The third-order valence-electron chi connectivity index (χ3n) is 4.24. The van der Waals surface area contributed by atoms with Crippen LogP contribution in [0.1, 0.15) is 25.8 Å².